The molecule has 1 unspecified atom stereocenters. The van der Waals surface area contributed by atoms with Crippen molar-refractivity contribution in [1.29, 1.82) is 0 Å². The molecule has 0 aromatic carbocycles. The molecule has 2 aromatic rings. The van der Waals surface area contributed by atoms with Gasteiger partial charge in [-0.15, -0.1) is 0 Å². The first-order valence-corrected chi connectivity index (χ1v) is 7.40. The summed E-state index contributed by atoms with van der Waals surface area (Å²) in [5.41, 5.74) is 1.04. The maximum absolute atomic E-state index is 11.8. The summed E-state index contributed by atoms with van der Waals surface area (Å²) in [5.74, 6) is 0.894. The van der Waals surface area contributed by atoms with Crippen molar-refractivity contribution >= 4 is 23.2 Å². The lowest BCUT2D eigenvalue weighted by Gasteiger charge is -2.16. The quantitative estimate of drug-likeness (QED) is 0.855. The second kappa shape index (κ2) is 6.10. The molecule has 0 fully saturated rings. The Hall–Kier alpha value is -1.49. The predicted octanol–water partition coefficient (Wildman–Crippen LogP) is 2.59. The fourth-order valence-electron chi connectivity index (χ4n) is 1.62. The Labute approximate surface area is 117 Å². The van der Waals surface area contributed by atoms with Gasteiger partial charge in [0.25, 0.3) is 0 Å². The molecule has 2 heterocycles. The molecule has 5 heteroatoms. The standard InChI is InChI=1S/C14H19N3OS/c1-10(2)11(3)16-13(18)9-19-14-15-8-12-6-4-5-7-17(12)14/h4-8,10-11H,9H2,1-3H3,(H,16,18). The molecule has 0 bridgehead atoms. The number of nitrogens with zero attached hydrogens (tertiary/aromatic N) is 2. The van der Waals surface area contributed by atoms with Crippen molar-refractivity contribution in [2.24, 2.45) is 5.92 Å². The number of hydrogen-bond donors (Lipinski definition) is 1. The molecular formula is C14H19N3OS. The summed E-state index contributed by atoms with van der Waals surface area (Å²) >= 11 is 1.46. The lowest BCUT2D eigenvalue weighted by atomic mass is 10.1. The summed E-state index contributed by atoms with van der Waals surface area (Å²) in [5, 5.41) is 3.84. The molecule has 0 saturated heterocycles. The Morgan fingerprint density at radius 1 is 1.42 bits per heavy atom. The predicted molar refractivity (Wildman–Crippen MR) is 78.4 cm³/mol. The SMILES string of the molecule is CC(C)C(C)NC(=O)CSc1ncc2ccccn12. The third-order valence-corrected chi connectivity index (χ3v) is 4.09. The molecule has 102 valence electrons. The maximum atomic E-state index is 11.8. The van der Waals surface area contributed by atoms with E-state index in [9.17, 15) is 4.79 Å². The molecule has 19 heavy (non-hydrogen) atoms. The number of thioether (sulfide) groups is 1. The lowest BCUT2D eigenvalue weighted by molar-refractivity contribution is -0.119. The van der Waals surface area contributed by atoms with Gasteiger partial charge in [-0.3, -0.25) is 9.20 Å². The smallest absolute Gasteiger partial charge is 0.230 e. The van der Waals surface area contributed by atoms with Crippen LogP contribution in [0.3, 0.4) is 0 Å². The van der Waals surface area contributed by atoms with E-state index in [1.165, 1.54) is 11.8 Å². The Morgan fingerprint density at radius 2 is 2.21 bits per heavy atom. The van der Waals surface area contributed by atoms with Crippen molar-refractivity contribution in [2.75, 3.05) is 5.75 Å². The van der Waals surface area contributed by atoms with Crippen molar-refractivity contribution < 1.29 is 4.79 Å². The maximum Gasteiger partial charge on any atom is 0.230 e. The van der Waals surface area contributed by atoms with Gasteiger partial charge >= 0.3 is 0 Å². The van der Waals surface area contributed by atoms with E-state index in [-0.39, 0.29) is 11.9 Å². The number of rotatable bonds is 5. The molecule has 0 spiro atoms. The van der Waals surface area contributed by atoms with Gasteiger partial charge in [0.1, 0.15) is 0 Å². The fraction of sp³-hybridized carbons (Fsp3) is 0.429. The summed E-state index contributed by atoms with van der Waals surface area (Å²) < 4.78 is 1.99. The Bertz CT molecular complexity index is 565. The van der Waals surface area contributed by atoms with Crippen LogP contribution in [-0.2, 0) is 4.79 Å². The summed E-state index contributed by atoms with van der Waals surface area (Å²) in [7, 11) is 0. The first-order chi connectivity index (χ1) is 9.08. The van der Waals surface area contributed by atoms with E-state index < -0.39 is 0 Å². The number of amides is 1. The highest BCUT2D eigenvalue weighted by molar-refractivity contribution is 7.99. The lowest BCUT2D eigenvalue weighted by Crippen LogP contribution is -2.37. The average Bonchev–Trinajstić information content (AvgIpc) is 2.79. The highest BCUT2D eigenvalue weighted by atomic mass is 32.2. The first kappa shape index (κ1) is 13.9. The molecule has 4 nitrogen and oxygen atoms in total. The molecule has 2 rings (SSSR count). The van der Waals surface area contributed by atoms with E-state index in [1.807, 2.05) is 41.9 Å². The Balaban J connectivity index is 1.94. The molecule has 1 N–H and O–H groups in total. The minimum Gasteiger partial charge on any atom is -0.353 e. The first-order valence-electron chi connectivity index (χ1n) is 6.42. The molecule has 2 aromatic heterocycles. The van der Waals surface area contributed by atoms with E-state index in [1.54, 1.807) is 0 Å². The van der Waals surface area contributed by atoms with E-state index in [4.69, 9.17) is 0 Å². The molecule has 0 radical (unpaired) electrons. The van der Waals surface area contributed by atoms with Crippen LogP contribution in [0.5, 0.6) is 0 Å². The van der Waals surface area contributed by atoms with E-state index in [2.05, 4.69) is 24.1 Å². The number of fused-ring (bicyclic) bond motifs is 1. The Kier molecular flexibility index (Phi) is 4.47. The molecule has 0 saturated carbocycles. The van der Waals surface area contributed by atoms with Gasteiger partial charge < -0.3 is 5.32 Å². The molecule has 0 aliphatic rings. The van der Waals surface area contributed by atoms with Crippen LogP contribution < -0.4 is 5.32 Å². The highest BCUT2D eigenvalue weighted by Gasteiger charge is 2.12. The highest BCUT2D eigenvalue weighted by Crippen LogP contribution is 2.18. The molecular weight excluding hydrogens is 258 g/mol. The van der Waals surface area contributed by atoms with Crippen LogP contribution in [0.25, 0.3) is 5.52 Å². The van der Waals surface area contributed by atoms with Crippen LogP contribution >= 0.6 is 11.8 Å². The number of aromatic nitrogens is 2. The fourth-order valence-corrected chi connectivity index (χ4v) is 2.39. The van der Waals surface area contributed by atoms with Gasteiger partial charge in [-0.25, -0.2) is 4.98 Å². The van der Waals surface area contributed by atoms with Crippen molar-refractivity contribution in [3.05, 3.63) is 30.6 Å². The second-order valence-electron chi connectivity index (χ2n) is 4.93. The number of imidazole rings is 1. The minimum absolute atomic E-state index is 0.0545. The van der Waals surface area contributed by atoms with Crippen LogP contribution in [0.1, 0.15) is 20.8 Å². The zero-order chi connectivity index (χ0) is 13.8. The Morgan fingerprint density at radius 3 is 2.95 bits per heavy atom. The molecule has 1 amide bonds. The van der Waals surface area contributed by atoms with E-state index >= 15 is 0 Å². The number of carbonyl (C=O) groups excluding carboxylic acids is 1. The summed E-state index contributed by atoms with van der Waals surface area (Å²) in [6.45, 7) is 6.22. The largest absolute Gasteiger partial charge is 0.353 e. The zero-order valence-corrected chi connectivity index (χ0v) is 12.3. The molecule has 0 aliphatic heterocycles. The molecule has 0 aliphatic carbocycles. The van der Waals surface area contributed by atoms with Crippen LogP contribution in [0.2, 0.25) is 0 Å². The number of nitrogens with one attached hydrogen (secondary N) is 1. The van der Waals surface area contributed by atoms with Gasteiger partial charge in [0.05, 0.1) is 17.5 Å². The summed E-state index contributed by atoms with van der Waals surface area (Å²) in [4.78, 5) is 16.1. The zero-order valence-electron chi connectivity index (χ0n) is 11.5. The average molecular weight is 277 g/mol. The number of pyridine rings is 1. The summed E-state index contributed by atoms with van der Waals surface area (Å²) in [6, 6.07) is 6.13. The number of carbonyl (C=O) groups is 1. The van der Waals surface area contributed by atoms with Crippen molar-refractivity contribution in [3.8, 4) is 0 Å². The van der Waals surface area contributed by atoms with Gasteiger partial charge in [-0.05, 0) is 25.0 Å². The van der Waals surface area contributed by atoms with Crippen molar-refractivity contribution in [2.45, 2.75) is 32.0 Å². The monoisotopic (exact) mass is 277 g/mol. The van der Waals surface area contributed by atoms with Crippen LogP contribution in [0, 0.1) is 5.92 Å². The normalized spacial score (nSPS) is 12.8. The van der Waals surface area contributed by atoms with Gasteiger partial charge in [-0.2, -0.15) is 0 Å². The third-order valence-electron chi connectivity index (χ3n) is 3.13. The number of hydrogen-bond acceptors (Lipinski definition) is 3. The topological polar surface area (TPSA) is 46.4 Å². The van der Waals surface area contributed by atoms with Gasteiger partial charge in [0.15, 0.2) is 5.16 Å². The van der Waals surface area contributed by atoms with Gasteiger partial charge in [-0.1, -0.05) is 31.7 Å². The third kappa shape index (κ3) is 3.50. The van der Waals surface area contributed by atoms with Crippen LogP contribution in [0.4, 0.5) is 0 Å². The minimum atomic E-state index is 0.0545. The van der Waals surface area contributed by atoms with Gasteiger partial charge in [0.2, 0.25) is 5.91 Å². The van der Waals surface area contributed by atoms with Crippen molar-refractivity contribution in [1.82, 2.24) is 14.7 Å². The second-order valence-corrected chi connectivity index (χ2v) is 5.87. The summed E-state index contributed by atoms with van der Waals surface area (Å²) in [6.07, 6.45) is 3.77. The van der Waals surface area contributed by atoms with E-state index in [0.717, 1.165) is 10.7 Å². The van der Waals surface area contributed by atoms with Gasteiger partial charge in [0, 0.05) is 12.2 Å². The van der Waals surface area contributed by atoms with Crippen LogP contribution in [0.15, 0.2) is 35.7 Å². The van der Waals surface area contributed by atoms with Crippen molar-refractivity contribution in [3.63, 3.8) is 0 Å². The van der Waals surface area contributed by atoms with Crippen LogP contribution in [-0.4, -0.2) is 27.1 Å². The van der Waals surface area contributed by atoms with E-state index in [0.29, 0.717) is 11.7 Å². The molecule has 1 atom stereocenters.